The number of carbonyl (C=O) groups is 1. The molecule has 6 nitrogen and oxygen atoms in total. The van der Waals surface area contributed by atoms with Crippen LogP contribution in [0.15, 0.2) is 0 Å². The molecule has 0 spiro atoms. The third kappa shape index (κ3) is 3.85. The summed E-state index contributed by atoms with van der Waals surface area (Å²) in [6, 6.07) is 0. The van der Waals surface area contributed by atoms with Crippen molar-refractivity contribution in [2.75, 3.05) is 19.6 Å². The molecule has 3 rings (SSSR count). The molecule has 0 aliphatic carbocycles. The average molecular weight is 305 g/mol. The van der Waals surface area contributed by atoms with Crippen molar-refractivity contribution in [2.24, 2.45) is 5.92 Å². The van der Waals surface area contributed by atoms with Gasteiger partial charge in [0.2, 0.25) is 5.91 Å². The van der Waals surface area contributed by atoms with Gasteiger partial charge in [-0.3, -0.25) is 4.79 Å². The highest BCUT2D eigenvalue weighted by Gasteiger charge is 2.20. The van der Waals surface area contributed by atoms with Crippen LogP contribution in [-0.2, 0) is 24.2 Å². The summed E-state index contributed by atoms with van der Waals surface area (Å²) in [4.78, 5) is 12.1. The van der Waals surface area contributed by atoms with Crippen molar-refractivity contribution in [1.82, 2.24) is 25.4 Å². The molecule has 0 saturated carbocycles. The summed E-state index contributed by atoms with van der Waals surface area (Å²) < 4.78 is 2.29. The van der Waals surface area contributed by atoms with Gasteiger partial charge in [-0.05, 0) is 38.6 Å². The highest BCUT2D eigenvalue weighted by molar-refractivity contribution is 5.78. The average Bonchev–Trinajstić information content (AvgIpc) is 2.79. The predicted octanol–water partition coefficient (Wildman–Crippen LogP) is 1.05. The van der Waals surface area contributed by atoms with Gasteiger partial charge in [0.15, 0.2) is 0 Å². The fourth-order valence-electron chi connectivity index (χ4n) is 3.41. The van der Waals surface area contributed by atoms with E-state index in [-0.39, 0.29) is 11.8 Å². The van der Waals surface area contributed by atoms with Gasteiger partial charge in [-0.2, -0.15) is 0 Å². The molecule has 2 aliphatic heterocycles. The zero-order chi connectivity index (χ0) is 15.2. The molecule has 1 fully saturated rings. The Labute approximate surface area is 132 Å². The highest BCUT2D eigenvalue weighted by atomic mass is 16.1. The Kier molecular flexibility index (Phi) is 5.43. The van der Waals surface area contributed by atoms with Gasteiger partial charge in [-0.1, -0.05) is 6.42 Å². The number of nitrogens with zero attached hydrogens (tertiary/aromatic N) is 3. The van der Waals surface area contributed by atoms with E-state index < -0.39 is 0 Å². The summed E-state index contributed by atoms with van der Waals surface area (Å²) in [6.45, 7) is 3.65. The maximum absolute atomic E-state index is 12.1. The molecule has 22 heavy (non-hydrogen) atoms. The summed E-state index contributed by atoms with van der Waals surface area (Å²) in [7, 11) is 0. The minimum absolute atomic E-state index is 0.151. The van der Waals surface area contributed by atoms with E-state index in [9.17, 15) is 4.79 Å². The van der Waals surface area contributed by atoms with Crippen molar-refractivity contribution < 1.29 is 4.79 Å². The molecule has 1 saturated heterocycles. The van der Waals surface area contributed by atoms with Crippen molar-refractivity contribution in [2.45, 2.75) is 57.9 Å². The topological polar surface area (TPSA) is 71.8 Å². The summed E-state index contributed by atoms with van der Waals surface area (Å²) in [5, 5.41) is 15.0. The number of hydrogen-bond acceptors (Lipinski definition) is 4. The number of aromatic nitrogens is 3. The molecular formula is C16H27N5O. The van der Waals surface area contributed by atoms with E-state index in [0.717, 1.165) is 69.9 Å². The van der Waals surface area contributed by atoms with Gasteiger partial charge >= 0.3 is 0 Å². The largest absolute Gasteiger partial charge is 0.356 e. The Balaban J connectivity index is 1.41. The van der Waals surface area contributed by atoms with Crippen molar-refractivity contribution in [3.05, 3.63) is 11.6 Å². The lowest BCUT2D eigenvalue weighted by atomic mass is 9.99. The number of nitrogens with one attached hydrogen (secondary N) is 2. The van der Waals surface area contributed by atoms with Gasteiger partial charge < -0.3 is 15.2 Å². The third-order valence-electron chi connectivity index (χ3n) is 4.73. The second kappa shape index (κ2) is 7.72. The van der Waals surface area contributed by atoms with Crippen LogP contribution in [0.1, 0.15) is 50.2 Å². The maximum atomic E-state index is 12.1. The number of aryl methyl sites for hydroxylation is 2. The van der Waals surface area contributed by atoms with Crippen molar-refractivity contribution in [3.8, 4) is 0 Å². The lowest BCUT2D eigenvalue weighted by Crippen LogP contribution is -2.40. The molecule has 2 N–H and O–H groups in total. The number of piperidine rings is 1. The lowest BCUT2D eigenvalue weighted by Gasteiger charge is -2.21. The molecule has 3 heterocycles. The van der Waals surface area contributed by atoms with Crippen LogP contribution in [0.25, 0.3) is 0 Å². The monoisotopic (exact) mass is 305 g/mol. The summed E-state index contributed by atoms with van der Waals surface area (Å²) in [6.07, 6.45) is 8.74. The first kappa shape index (κ1) is 15.5. The number of rotatable bonds is 5. The number of fused-ring (bicyclic) bond motifs is 1. The number of amides is 1. The summed E-state index contributed by atoms with van der Waals surface area (Å²) >= 11 is 0. The highest BCUT2D eigenvalue weighted by Crippen LogP contribution is 2.15. The molecule has 0 radical (unpaired) electrons. The minimum atomic E-state index is 0.151. The van der Waals surface area contributed by atoms with Crippen LogP contribution in [0.3, 0.4) is 0 Å². The Bertz CT molecular complexity index is 493. The molecule has 1 atom stereocenters. The standard InChI is InChI=1S/C16H27N5O/c22-16(13-6-4-9-17-12-13)18-10-5-8-15-20-19-14-7-2-1-3-11-21(14)15/h13,17H,1-12H2,(H,18,22). The first-order valence-corrected chi connectivity index (χ1v) is 8.74. The molecule has 6 heteroatoms. The molecule has 0 aromatic carbocycles. The normalized spacial score (nSPS) is 21.9. The SMILES string of the molecule is O=C(NCCCc1nnc2n1CCCCC2)C1CCCNC1. The van der Waals surface area contributed by atoms with Gasteiger partial charge in [0.1, 0.15) is 11.6 Å². The second-order valence-electron chi connectivity index (χ2n) is 6.43. The molecule has 122 valence electrons. The Hall–Kier alpha value is -1.43. The van der Waals surface area contributed by atoms with Gasteiger partial charge in [0.25, 0.3) is 0 Å². The van der Waals surface area contributed by atoms with Gasteiger partial charge in [0, 0.05) is 32.5 Å². The van der Waals surface area contributed by atoms with Crippen LogP contribution in [0.2, 0.25) is 0 Å². The Morgan fingerprint density at radius 3 is 3.09 bits per heavy atom. The molecule has 1 aromatic heterocycles. The third-order valence-corrected chi connectivity index (χ3v) is 4.73. The summed E-state index contributed by atoms with van der Waals surface area (Å²) in [5.74, 6) is 2.58. The minimum Gasteiger partial charge on any atom is -0.356 e. The van der Waals surface area contributed by atoms with Crippen LogP contribution in [-0.4, -0.2) is 40.3 Å². The first-order valence-electron chi connectivity index (χ1n) is 8.74. The van der Waals surface area contributed by atoms with E-state index in [1.807, 2.05) is 0 Å². The van der Waals surface area contributed by atoms with Crippen LogP contribution in [0.5, 0.6) is 0 Å². The van der Waals surface area contributed by atoms with Crippen LogP contribution in [0.4, 0.5) is 0 Å². The molecule has 2 aliphatic rings. The second-order valence-corrected chi connectivity index (χ2v) is 6.43. The molecule has 1 aromatic rings. The fourth-order valence-corrected chi connectivity index (χ4v) is 3.41. The summed E-state index contributed by atoms with van der Waals surface area (Å²) in [5.41, 5.74) is 0. The molecular weight excluding hydrogens is 278 g/mol. The quantitative estimate of drug-likeness (QED) is 0.798. The van der Waals surface area contributed by atoms with E-state index in [1.165, 1.54) is 19.3 Å². The van der Waals surface area contributed by atoms with Crippen LogP contribution >= 0.6 is 0 Å². The number of hydrogen-bond donors (Lipinski definition) is 2. The van der Waals surface area contributed by atoms with Crippen molar-refractivity contribution >= 4 is 5.91 Å². The van der Waals surface area contributed by atoms with Gasteiger partial charge in [-0.25, -0.2) is 0 Å². The fraction of sp³-hybridized carbons (Fsp3) is 0.812. The zero-order valence-corrected chi connectivity index (χ0v) is 13.3. The van der Waals surface area contributed by atoms with Gasteiger partial charge in [-0.15, -0.1) is 10.2 Å². The first-order chi connectivity index (χ1) is 10.8. The Morgan fingerprint density at radius 2 is 2.23 bits per heavy atom. The zero-order valence-electron chi connectivity index (χ0n) is 13.3. The molecule has 0 bridgehead atoms. The van der Waals surface area contributed by atoms with E-state index in [0.29, 0.717) is 0 Å². The molecule has 1 unspecified atom stereocenters. The number of carbonyl (C=O) groups excluding carboxylic acids is 1. The maximum Gasteiger partial charge on any atom is 0.224 e. The lowest BCUT2D eigenvalue weighted by molar-refractivity contribution is -0.125. The van der Waals surface area contributed by atoms with Crippen molar-refractivity contribution in [3.63, 3.8) is 0 Å². The van der Waals surface area contributed by atoms with Crippen LogP contribution in [0, 0.1) is 5.92 Å². The smallest absolute Gasteiger partial charge is 0.224 e. The van der Waals surface area contributed by atoms with Gasteiger partial charge in [0.05, 0.1) is 5.92 Å². The van der Waals surface area contributed by atoms with Crippen LogP contribution < -0.4 is 10.6 Å². The van der Waals surface area contributed by atoms with E-state index in [4.69, 9.17) is 0 Å². The van der Waals surface area contributed by atoms with E-state index in [2.05, 4.69) is 25.4 Å². The van der Waals surface area contributed by atoms with E-state index >= 15 is 0 Å². The predicted molar refractivity (Wildman–Crippen MR) is 84.5 cm³/mol. The Morgan fingerprint density at radius 1 is 1.27 bits per heavy atom. The van der Waals surface area contributed by atoms with E-state index in [1.54, 1.807) is 0 Å². The molecule has 1 amide bonds. The van der Waals surface area contributed by atoms with Crippen molar-refractivity contribution in [1.29, 1.82) is 0 Å².